The summed E-state index contributed by atoms with van der Waals surface area (Å²) < 4.78 is 18.2. The summed E-state index contributed by atoms with van der Waals surface area (Å²) in [6.45, 7) is 5.79. The first-order valence-corrected chi connectivity index (χ1v) is 6.33. The normalized spacial score (nSPS) is 10.7. The Kier molecular flexibility index (Phi) is 3.88. The zero-order chi connectivity index (χ0) is 14.9. The highest BCUT2D eigenvalue weighted by atomic mass is 19.1. The number of hydrogen-bond donors (Lipinski definition) is 0. The van der Waals surface area contributed by atoms with Gasteiger partial charge in [-0.1, -0.05) is 5.16 Å². The molecule has 2 rings (SSSR count). The highest BCUT2D eigenvalue weighted by molar-refractivity contribution is 5.95. The highest BCUT2D eigenvalue weighted by Crippen LogP contribution is 2.17. The molecule has 1 amide bonds. The molecular weight excluding hydrogens is 259 g/mol. The molecule has 0 aliphatic carbocycles. The molecule has 0 spiro atoms. The van der Waals surface area contributed by atoms with Crippen LogP contribution in [0.25, 0.3) is 0 Å². The second kappa shape index (κ2) is 5.45. The van der Waals surface area contributed by atoms with Gasteiger partial charge in [0.2, 0.25) is 0 Å². The summed E-state index contributed by atoms with van der Waals surface area (Å²) in [5.41, 5.74) is 2.81. The minimum Gasteiger partial charge on any atom is -0.361 e. The SMILES string of the molecule is Cc1cc(F)ccc1C(=O)N(C)Cc1c(C)noc1C. The molecule has 1 aromatic carbocycles. The molecule has 1 heterocycles. The monoisotopic (exact) mass is 276 g/mol. The molecule has 0 saturated heterocycles. The molecule has 1 aromatic heterocycles. The molecule has 0 radical (unpaired) electrons. The van der Waals surface area contributed by atoms with E-state index in [9.17, 15) is 9.18 Å². The quantitative estimate of drug-likeness (QED) is 0.865. The number of hydrogen-bond acceptors (Lipinski definition) is 3. The molecule has 0 bridgehead atoms. The van der Waals surface area contributed by atoms with Gasteiger partial charge in [0.1, 0.15) is 11.6 Å². The van der Waals surface area contributed by atoms with Crippen molar-refractivity contribution in [3.05, 3.63) is 52.2 Å². The smallest absolute Gasteiger partial charge is 0.254 e. The highest BCUT2D eigenvalue weighted by Gasteiger charge is 2.18. The third-order valence-corrected chi connectivity index (χ3v) is 3.34. The molecule has 0 N–H and O–H groups in total. The average Bonchev–Trinajstić information content (AvgIpc) is 2.70. The van der Waals surface area contributed by atoms with Crippen molar-refractivity contribution in [1.82, 2.24) is 10.1 Å². The van der Waals surface area contributed by atoms with Crippen LogP contribution in [0, 0.1) is 26.6 Å². The largest absolute Gasteiger partial charge is 0.361 e. The maximum Gasteiger partial charge on any atom is 0.254 e. The standard InChI is InChI=1S/C15H17FN2O2/c1-9-7-12(16)5-6-13(9)15(19)18(4)8-14-10(2)17-20-11(14)3/h5-7H,8H2,1-4H3. The Morgan fingerprint density at radius 2 is 2.05 bits per heavy atom. The van der Waals surface area contributed by atoms with E-state index in [-0.39, 0.29) is 11.7 Å². The molecule has 0 aliphatic rings. The lowest BCUT2D eigenvalue weighted by molar-refractivity contribution is 0.0783. The van der Waals surface area contributed by atoms with Crippen molar-refractivity contribution < 1.29 is 13.7 Å². The topological polar surface area (TPSA) is 46.3 Å². The van der Waals surface area contributed by atoms with E-state index < -0.39 is 0 Å². The van der Waals surface area contributed by atoms with Gasteiger partial charge in [-0.15, -0.1) is 0 Å². The Morgan fingerprint density at radius 1 is 1.35 bits per heavy atom. The summed E-state index contributed by atoms with van der Waals surface area (Å²) in [4.78, 5) is 14.0. The molecule has 106 valence electrons. The van der Waals surface area contributed by atoms with E-state index in [0.717, 1.165) is 11.3 Å². The van der Waals surface area contributed by atoms with Crippen molar-refractivity contribution in [2.45, 2.75) is 27.3 Å². The van der Waals surface area contributed by atoms with Gasteiger partial charge in [-0.2, -0.15) is 0 Å². The fourth-order valence-electron chi connectivity index (χ4n) is 2.11. The van der Waals surface area contributed by atoms with Gasteiger partial charge in [0.15, 0.2) is 0 Å². The number of rotatable bonds is 3. The number of amides is 1. The predicted molar refractivity (Wildman–Crippen MR) is 72.9 cm³/mol. The summed E-state index contributed by atoms with van der Waals surface area (Å²) in [7, 11) is 1.71. The third-order valence-electron chi connectivity index (χ3n) is 3.34. The van der Waals surface area contributed by atoms with Crippen LogP contribution in [0.1, 0.15) is 32.9 Å². The van der Waals surface area contributed by atoms with Crippen molar-refractivity contribution in [1.29, 1.82) is 0 Å². The molecule has 0 fully saturated rings. The van der Waals surface area contributed by atoms with Crippen LogP contribution in [0.3, 0.4) is 0 Å². The lowest BCUT2D eigenvalue weighted by atomic mass is 10.1. The summed E-state index contributed by atoms with van der Waals surface area (Å²) in [6, 6.07) is 4.16. The van der Waals surface area contributed by atoms with Crippen LogP contribution >= 0.6 is 0 Å². The van der Waals surface area contributed by atoms with Gasteiger partial charge < -0.3 is 9.42 Å². The molecule has 0 aliphatic heterocycles. The molecule has 5 heteroatoms. The molecule has 4 nitrogen and oxygen atoms in total. The minimum atomic E-state index is -0.340. The second-order valence-corrected chi connectivity index (χ2v) is 4.92. The van der Waals surface area contributed by atoms with Crippen molar-refractivity contribution in [2.75, 3.05) is 7.05 Å². The van der Waals surface area contributed by atoms with Crippen LogP contribution in [0.4, 0.5) is 4.39 Å². The third kappa shape index (κ3) is 2.71. The van der Waals surface area contributed by atoms with Gasteiger partial charge >= 0.3 is 0 Å². The van der Waals surface area contributed by atoms with E-state index in [1.54, 1.807) is 18.9 Å². The lowest BCUT2D eigenvalue weighted by Gasteiger charge is -2.18. The first-order valence-electron chi connectivity index (χ1n) is 6.33. The molecule has 20 heavy (non-hydrogen) atoms. The number of benzene rings is 1. The summed E-state index contributed by atoms with van der Waals surface area (Å²) in [6.07, 6.45) is 0. The fraction of sp³-hybridized carbons (Fsp3) is 0.333. The number of aryl methyl sites for hydroxylation is 3. The number of carbonyl (C=O) groups excluding carboxylic acids is 1. The second-order valence-electron chi connectivity index (χ2n) is 4.92. The van der Waals surface area contributed by atoms with Crippen molar-refractivity contribution in [3.8, 4) is 0 Å². The van der Waals surface area contributed by atoms with Crippen LogP contribution in [0.15, 0.2) is 22.7 Å². The van der Waals surface area contributed by atoms with E-state index in [1.807, 2.05) is 13.8 Å². The zero-order valence-electron chi connectivity index (χ0n) is 12.0. The van der Waals surface area contributed by atoms with Crippen LogP contribution in [-0.2, 0) is 6.54 Å². The van der Waals surface area contributed by atoms with Gasteiger partial charge in [0.25, 0.3) is 5.91 Å². The van der Waals surface area contributed by atoms with Gasteiger partial charge in [-0.3, -0.25) is 4.79 Å². The Hall–Kier alpha value is -2.17. The van der Waals surface area contributed by atoms with Crippen LogP contribution in [-0.4, -0.2) is 23.0 Å². The van der Waals surface area contributed by atoms with Gasteiger partial charge in [-0.25, -0.2) is 4.39 Å². The van der Waals surface area contributed by atoms with Gasteiger partial charge in [0, 0.05) is 18.2 Å². The van der Waals surface area contributed by atoms with E-state index >= 15 is 0 Å². The van der Waals surface area contributed by atoms with Crippen molar-refractivity contribution >= 4 is 5.91 Å². The fourth-order valence-corrected chi connectivity index (χ4v) is 2.11. The van der Waals surface area contributed by atoms with Crippen LogP contribution in [0.2, 0.25) is 0 Å². The molecular formula is C15H17FN2O2. The maximum absolute atomic E-state index is 13.1. The van der Waals surface area contributed by atoms with Crippen molar-refractivity contribution in [3.63, 3.8) is 0 Å². The summed E-state index contributed by atoms with van der Waals surface area (Å²) in [5, 5.41) is 3.87. The van der Waals surface area contributed by atoms with Crippen LogP contribution in [0.5, 0.6) is 0 Å². The Labute approximate surface area is 117 Å². The molecule has 2 aromatic rings. The number of nitrogens with zero attached hydrogens (tertiary/aromatic N) is 2. The average molecular weight is 276 g/mol. The van der Waals surface area contributed by atoms with E-state index in [0.29, 0.717) is 23.4 Å². The zero-order valence-corrected chi connectivity index (χ0v) is 12.0. The first kappa shape index (κ1) is 14.2. The van der Waals surface area contributed by atoms with Crippen LogP contribution < -0.4 is 0 Å². The first-order chi connectivity index (χ1) is 9.40. The Balaban J connectivity index is 2.21. The molecule has 0 saturated carbocycles. The Bertz CT molecular complexity index is 630. The maximum atomic E-state index is 13.1. The minimum absolute atomic E-state index is 0.150. The van der Waals surface area contributed by atoms with Gasteiger partial charge in [0.05, 0.1) is 12.2 Å². The lowest BCUT2D eigenvalue weighted by Crippen LogP contribution is -2.27. The summed E-state index contributed by atoms with van der Waals surface area (Å²) in [5.74, 6) is 0.216. The summed E-state index contributed by atoms with van der Waals surface area (Å²) >= 11 is 0. The number of aromatic nitrogens is 1. The number of halogens is 1. The predicted octanol–water partition coefficient (Wildman–Crippen LogP) is 3.01. The van der Waals surface area contributed by atoms with E-state index in [1.165, 1.54) is 18.2 Å². The van der Waals surface area contributed by atoms with Gasteiger partial charge in [-0.05, 0) is 44.5 Å². The van der Waals surface area contributed by atoms with E-state index in [2.05, 4.69) is 5.16 Å². The van der Waals surface area contributed by atoms with Crippen molar-refractivity contribution in [2.24, 2.45) is 0 Å². The van der Waals surface area contributed by atoms with E-state index in [4.69, 9.17) is 4.52 Å². The molecule has 0 unspecified atom stereocenters. The molecule has 0 atom stereocenters. The number of carbonyl (C=O) groups is 1. The Morgan fingerprint density at radius 3 is 2.60 bits per heavy atom.